The molecule has 0 atom stereocenters. The van der Waals surface area contributed by atoms with Crippen molar-refractivity contribution in [2.45, 2.75) is 0 Å². The molecule has 0 bridgehead atoms. The predicted octanol–water partition coefficient (Wildman–Crippen LogP) is 2.15. The quantitative estimate of drug-likeness (QED) is 0.595. The minimum Gasteiger partial charge on any atom is -0.506 e. The van der Waals surface area contributed by atoms with Crippen molar-refractivity contribution in [1.29, 1.82) is 0 Å². The number of phenols is 1. The molecule has 1 aromatic heterocycles. The summed E-state index contributed by atoms with van der Waals surface area (Å²) < 4.78 is 0. The molecule has 1 heterocycles. The van der Waals surface area contributed by atoms with E-state index in [1.807, 2.05) is 6.07 Å². The number of allylic oxidation sites excluding steroid dienone is 1. The zero-order chi connectivity index (χ0) is 10.7. The lowest BCUT2D eigenvalue weighted by atomic mass is 10.1. The van der Waals surface area contributed by atoms with Crippen LogP contribution < -0.4 is 0 Å². The number of aromatic nitrogens is 1. The monoisotopic (exact) mass is 199 g/mol. The second-order valence-corrected chi connectivity index (χ2v) is 3.07. The topological polar surface area (TPSA) is 50.2 Å². The van der Waals surface area contributed by atoms with E-state index in [1.165, 1.54) is 6.08 Å². The molecule has 3 heteroatoms. The van der Waals surface area contributed by atoms with Crippen LogP contribution in [-0.2, 0) is 4.79 Å². The first-order valence-electron chi connectivity index (χ1n) is 4.51. The number of phenolic OH excluding ortho intramolecular Hbond substituents is 1. The number of hydrogen-bond acceptors (Lipinski definition) is 3. The predicted molar refractivity (Wildman–Crippen MR) is 58.5 cm³/mol. The molecule has 0 aliphatic heterocycles. The smallest absolute Gasteiger partial charge is 0.142 e. The number of nitrogens with zero attached hydrogens (tertiary/aromatic N) is 1. The van der Waals surface area contributed by atoms with Crippen LogP contribution in [0.25, 0.3) is 17.0 Å². The molecule has 0 spiro atoms. The number of carbonyl (C=O) groups is 1. The summed E-state index contributed by atoms with van der Waals surface area (Å²) in [5, 5.41) is 10.4. The van der Waals surface area contributed by atoms with E-state index in [0.29, 0.717) is 5.52 Å². The van der Waals surface area contributed by atoms with E-state index in [9.17, 15) is 9.90 Å². The van der Waals surface area contributed by atoms with E-state index in [0.717, 1.165) is 17.2 Å². The van der Waals surface area contributed by atoms with Crippen molar-refractivity contribution in [1.82, 2.24) is 4.98 Å². The number of hydrogen-bond donors (Lipinski definition) is 1. The Hall–Kier alpha value is -2.16. The highest BCUT2D eigenvalue weighted by atomic mass is 16.3. The molecule has 0 radical (unpaired) electrons. The van der Waals surface area contributed by atoms with Crippen LogP contribution in [0.1, 0.15) is 5.56 Å². The lowest BCUT2D eigenvalue weighted by molar-refractivity contribution is -0.104. The lowest BCUT2D eigenvalue weighted by Gasteiger charge is -2.02. The van der Waals surface area contributed by atoms with Gasteiger partial charge in [0.1, 0.15) is 17.6 Å². The molecule has 0 amide bonds. The van der Waals surface area contributed by atoms with Gasteiger partial charge in [-0.2, -0.15) is 0 Å². The molecule has 0 aliphatic carbocycles. The first kappa shape index (κ1) is 9.40. The van der Waals surface area contributed by atoms with Crippen molar-refractivity contribution in [3.05, 3.63) is 42.1 Å². The van der Waals surface area contributed by atoms with E-state index < -0.39 is 0 Å². The van der Waals surface area contributed by atoms with Gasteiger partial charge in [0.05, 0.1) is 0 Å². The maximum absolute atomic E-state index is 10.2. The fourth-order valence-electron chi connectivity index (χ4n) is 1.47. The van der Waals surface area contributed by atoms with Crippen LogP contribution in [0.15, 0.2) is 36.5 Å². The zero-order valence-corrected chi connectivity index (χ0v) is 7.92. The highest BCUT2D eigenvalue weighted by molar-refractivity contribution is 5.93. The number of rotatable bonds is 2. The molecular weight excluding hydrogens is 190 g/mol. The van der Waals surface area contributed by atoms with Crippen LogP contribution in [0.4, 0.5) is 0 Å². The summed E-state index contributed by atoms with van der Waals surface area (Å²) in [5.41, 5.74) is 1.41. The number of fused-ring (bicyclic) bond motifs is 1. The van der Waals surface area contributed by atoms with Crippen molar-refractivity contribution in [3.8, 4) is 5.75 Å². The highest BCUT2D eigenvalue weighted by Crippen LogP contribution is 2.25. The van der Waals surface area contributed by atoms with Gasteiger partial charge in [-0.25, -0.2) is 0 Å². The number of aromatic hydroxyl groups is 1. The average Bonchev–Trinajstić information content (AvgIpc) is 2.29. The SMILES string of the molecule is O=CC=Cc1ccc(O)c2ncccc12. The Bertz CT molecular complexity index is 532. The van der Waals surface area contributed by atoms with Crippen molar-refractivity contribution in [2.75, 3.05) is 0 Å². The Morgan fingerprint density at radius 3 is 2.93 bits per heavy atom. The highest BCUT2D eigenvalue weighted by Gasteiger charge is 2.02. The van der Waals surface area contributed by atoms with Gasteiger partial charge >= 0.3 is 0 Å². The molecule has 15 heavy (non-hydrogen) atoms. The molecule has 0 unspecified atom stereocenters. The molecular formula is C12H9NO2. The fraction of sp³-hybridized carbons (Fsp3) is 0. The Morgan fingerprint density at radius 1 is 1.27 bits per heavy atom. The normalized spacial score (nSPS) is 10.9. The third-order valence-electron chi connectivity index (χ3n) is 2.14. The minimum absolute atomic E-state index is 0.147. The second kappa shape index (κ2) is 3.92. The fourth-order valence-corrected chi connectivity index (χ4v) is 1.47. The molecule has 0 aliphatic rings. The number of pyridine rings is 1. The molecule has 2 rings (SSSR count). The van der Waals surface area contributed by atoms with Gasteiger partial charge in [0.15, 0.2) is 0 Å². The summed E-state index contributed by atoms with van der Waals surface area (Å²) in [7, 11) is 0. The van der Waals surface area contributed by atoms with Gasteiger partial charge in [0.2, 0.25) is 0 Å². The Morgan fingerprint density at radius 2 is 2.13 bits per heavy atom. The van der Waals surface area contributed by atoms with Crippen LogP contribution in [0, 0.1) is 0 Å². The van der Waals surface area contributed by atoms with Crippen molar-refractivity contribution < 1.29 is 9.90 Å². The van der Waals surface area contributed by atoms with Crippen LogP contribution in [-0.4, -0.2) is 16.4 Å². The molecule has 3 nitrogen and oxygen atoms in total. The van der Waals surface area contributed by atoms with E-state index >= 15 is 0 Å². The van der Waals surface area contributed by atoms with E-state index in [-0.39, 0.29) is 5.75 Å². The van der Waals surface area contributed by atoms with Gasteiger partial charge in [0, 0.05) is 11.6 Å². The third kappa shape index (κ3) is 1.72. The number of aldehydes is 1. The van der Waals surface area contributed by atoms with Crippen molar-refractivity contribution >= 4 is 23.3 Å². The summed E-state index contributed by atoms with van der Waals surface area (Å²) in [6.07, 6.45) is 5.44. The van der Waals surface area contributed by atoms with Gasteiger partial charge in [-0.3, -0.25) is 9.78 Å². The molecule has 0 saturated heterocycles. The summed E-state index contributed by atoms with van der Waals surface area (Å²) in [5.74, 6) is 0.147. The molecule has 0 fully saturated rings. The standard InChI is InChI=1S/C12H9NO2/c14-8-2-3-9-5-6-11(15)12-10(9)4-1-7-13-12/h1-8,15H. The maximum Gasteiger partial charge on any atom is 0.142 e. The molecule has 1 N–H and O–H groups in total. The van der Waals surface area contributed by atoms with E-state index in [4.69, 9.17) is 0 Å². The average molecular weight is 199 g/mol. The van der Waals surface area contributed by atoms with Gasteiger partial charge < -0.3 is 5.11 Å². The molecule has 2 aromatic rings. The summed E-state index contributed by atoms with van der Waals surface area (Å²) in [6, 6.07) is 6.96. The summed E-state index contributed by atoms with van der Waals surface area (Å²) >= 11 is 0. The van der Waals surface area contributed by atoms with Crippen LogP contribution >= 0.6 is 0 Å². The molecule has 0 saturated carbocycles. The van der Waals surface area contributed by atoms with Crippen LogP contribution in [0.5, 0.6) is 5.75 Å². The number of carbonyl (C=O) groups excluding carboxylic acids is 1. The number of benzene rings is 1. The van der Waals surface area contributed by atoms with Gasteiger partial charge in [-0.05, 0) is 23.8 Å². The summed E-state index contributed by atoms with van der Waals surface area (Å²) in [6.45, 7) is 0. The Kier molecular flexibility index (Phi) is 2.46. The lowest BCUT2D eigenvalue weighted by Crippen LogP contribution is -1.82. The molecule has 1 aromatic carbocycles. The third-order valence-corrected chi connectivity index (χ3v) is 2.14. The van der Waals surface area contributed by atoms with Gasteiger partial charge in [-0.1, -0.05) is 18.2 Å². The Balaban J connectivity index is 2.71. The van der Waals surface area contributed by atoms with Gasteiger partial charge in [-0.15, -0.1) is 0 Å². The van der Waals surface area contributed by atoms with E-state index in [2.05, 4.69) is 4.98 Å². The maximum atomic E-state index is 10.2. The first-order chi connectivity index (χ1) is 7.33. The second-order valence-electron chi connectivity index (χ2n) is 3.07. The van der Waals surface area contributed by atoms with Crippen LogP contribution in [0.3, 0.4) is 0 Å². The van der Waals surface area contributed by atoms with E-state index in [1.54, 1.807) is 30.5 Å². The van der Waals surface area contributed by atoms with Crippen molar-refractivity contribution in [2.24, 2.45) is 0 Å². The zero-order valence-electron chi connectivity index (χ0n) is 7.92. The molecule has 74 valence electrons. The van der Waals surface area contributed by atoms with Gasteiger partial charge in [0.25, 0.3) is 0 Å². The van der Waals surface area contributed by atoms with Crippen molar-refractivity contribution in [3.63, 3.8) is 0 Å². The first-order valence-corrected chi connectivity index (χ1v) is 4.51. The Labute approximate surface area is 86.7 Å². The minimum atomic E-state index is 0.147. The summed E-state index contributed by atoms with van der Waals surface area (Å²) in [4.78, 5) is 14.3. The van der Waals surface area contributed by atoms with Crippen LogP contribution in [0.2, 0.25) is 0 Å². The largest absolute Gasteiger partial charge is 0.506 e.